The van der Waals surface area contributed by atoms with Gasteiger partial charge >= 0.3 is 12.1 Å². The molecular weight excluding hydrogens is 924 g/mol. The van der Waals surface area contributed by atoms with Gasteiger partial charge in [0.05, 0.1) is 43.9 Å². The van der Waals surface area contributed by atoms with E-state index in [1.807, 2.05) is 0 Å². The number of nitrogens with one attached hydrogen (secondary N) is 4. The monoisotopic (exact) mass is 954 g/mol. The maximum Gasteiger partial charge on any atom is 0.326 e. The zero-order valence-electron chi connectivity index (χ0n) is 35.4. The van der Waals surface area contributed by atoms with Crippen molar-refractivity contribution in [1.82, 2.24) is 20.8 Å². The number of rotatable bonds is 10. The average molecular weight is 956 g/mol. The van der Waals surface area contributed by atoms with Gasteiger partial charge in [-0.05, 0) is 95.7 Å². The first kappa shape index (κ1) is 44.9. The largest absolute Gasteiger partial charge is 0.505 e. The van der Waals surface area contributed by atoms with Gasteiger partial charge in [-0.15, -0.1) is 20.4 Å². The van der Waals surface area contributed by atoms with Gasteiger partial charge in [0.15, 0.2) is 11.5 Å². The van der Waals surface area contributed by atoms with Crippen molar-refractivity contribution in [2.45, 2.75) is 0 Å². The lowest BCUT2D eigenvalue weighted by Crippen LogP contribution is -2.34. The van der Waals surface area contributed by atoms with Crippen LogP contribution in [-0.2, 0) is 0 Å². The van der Waals surface area contributed by atoms with Gasteiger partial charge in [-0.3, -0.25) is 20.2 Å². The highest BCUT2D eigenvalue weighted by Gasteiger charge is 2.22. The Morgan fingerprint density at radius 1 is 0.478 bits per heavy atom. The second kappa shape index (κ2) is 19.6. The highest BCUT2D eigenvalue weighted by atomic mass is 35.5. The predicted molar refractivity (Wildman–Crippen MR) is 261 cm³/mol. The molecule has 1 aromatic heterocycles. The summed E-state index contributed by atoms with van der Waals surface area (Å²) in [6.07, 6.45) is 0. The summed E-state index contributed by atoms with van der Waals surface area (Å²) in [5.74, 6) is -2.28. The molecule has 338 valence electrons. The van der Waals surface area contributed by atoms with Crippen LogP contribution < -0.4 is 21.3 Å². The first-order valence-corrected chi connectivity index (χ1v) is 21.4. The SMILES string of the molecule is O=C(NC(=O)c1cc2ccccc2c(N=Nc2ccc(-c3nnc(-c4ccc(N=Nc5c(O)c(C(=O)NC(=O)Nc6ccccc6Cl)cc6ccccc56)cc4)o3)cc2)c1O)Nc1ccccc1Cl. The molecule has 0 atom stereocenters. The van der Waals surface area contributed by atoms with Gasteiger partial charge in [0.1, 0.15) is 11.4 Å². The van der Waals surface area contributed by atoms with E-state index in [9.17, 15) is 29.4 Å². The third kappa shape index (κ3) is 9.95. The molecule has 8 aromatic carbocycles. The Labute approximate surface area is 400 Å². The molecule has 0 aliphatic carbocycles. The second-order valence-electron chi connectivity index (χ2n) is 14.9. The summed E-state index contributed by atoms with van der Waals surface area (Å²) < 4.78 is 5.98. The Morgan fingerprint density at radius 3 is 1.26 bits per heavy atom. The molecule has 0 saturated carbocycles. The molecule has 1 heterocycles. The number of halogens is 2. The number of carbonyl (C=O) groups is 4. The van der Waals surface area contributed by atoms with Crippen LogP contribution in [0, 0.1) is 0 Å². The van der Waals surface area contributed by atoms with Crippen LogP contribution in [0.5, 0.6) is 11.5 Å². The van der Waals surface area contributed by atoms with Gasteiger partial charge in [0.2, 0.25) is 11.8 Å². The predicted octanol–water partition coefficient (Wildman–Crippen LogP) is 13.2. The Bertz CT molecular complexity index is 3320. The number of fused-ring (bicyclic) bond motifs is 2. The summed E-state index contributed by atoms with van der Waals surface area (Å²) in [5.41, 5.74) is 2.17. The summed E-state index contributed by atoms with van der Waals surface area (Å²) >= 11 is 12.3. The number of hydrogen-bond acceptors (Lipinski definition) is 13. The summed E-state index contributed by atoms with van der Waals surface area (Å²) in [6.45, 7) is 0. The fraction of sp³-hybridized carbons (Fsp3) is 0. The number of nitrogens with zero attached hydrogens (tertiary/aromatic N) is 6. The zero-order chi connectivity index (χ0) is 48.0. The molecule has 0 radical (unpaired) electrons. The number of phenols is 2. The van der Waals surface area contributed by atoms with E-state index in [0.717, 1.165) is 0 Å². The minimum absolute atomic E-state index is 0.0156. The maximum atomic E-state index is 13.2. The molecule has 19 heteroatoms. The quantitative estimate of drug-likeness (QED) is 0.0713. The molecule has 17 nitrogen and oxygen atoms in total. The number of para-hydroxylation sites is 2. The van der Waals surface area contributed by atoms with Crippen molar-refractivity contribution in [1.29, 1.82) is 0 Å². The highest BCUT2D eigenvalue weighted by molar-refractivity contribution is 6.34. The fourth-order valence-electron chi connectivity index (χ4n) is 6.97. The zero-order valence-corrected chi connectivity index (χ0v) is 36.9. The number of amides is 6. The van der Waals surface area contributed by atoms with Crippen molar-refractivity contribution in [2.75, 3.05) is 10.6 Å². The fourth-order valence-corrected chi connectivity index (χ4v) is 7.34. The van der Waals surface area contributed by atoms with Crippen molar-refractivity contribution in [3.8, 4) is 34.4 Å². The molecule has 69 heavy (non-hydrogen) atoms. The van der Waals surface area contributed by atoms with Crippen LogP contribution in [0.2, 0.25) is 10.0 Å². The molecular formula is C50H32Cl2N10O7. The van der Waals surface area contributed by atoms with Crippen LogP contribution in [0.1, 0.15) is 20.7 Å². The Kier molecular flexibility index (Phi) is 12.8. The number of hydrogen-bond donors (Lipinski definition) is 6. The van der Waals surface area contributed by atoms with Crippen molar-refractivity contribution < 1.29 is 33.8 Å². The van der Waals surface area contributed by atoms with E-state index in [1.165, 1.54) is 12.1 Å². The summed E-state index contributed by atoms with van der Waals surface area (Å²) in [4.78, 5) is 51.7. The van der Waals surface area contributed by atoms with Gasteiger partial charge in [0, 0.05) is 21.9 Å². The Balaban J connectivity index is 0.876. The Morgan fingerprint density at radius 2 is 0.855 bits per heavy atom. The Hall–Kier alpha value is -9.32. The number of benzene rings is 8. The molecule has 0 aliphatic heterocycles. The van der Waals surface area contributed by atoms with Crippen molar-refractivity contribution in [2.24, 2.45) is 20.5 Å². The molecule has 0 bridgehead atoms. The van der Waals surface area contributed by atoms with E-state index in [4.69, 9.17) is 27.6 Å². The van der Waals surface area contributed by atoms with E-state index in [0.29, 0.717) is 55.4 Å². The van der Waals surface area contributed by atoms with Crippen LogP contribution >= 0.6 is 23.2 Å². The van der Waals surface area contributed by atoms with Gasteiger partial charge in [-0.2, -0.15) is 10.2 Å². The maximum absolute atomic E-state index is 13.2. The minimum atomic E-state index is -0.874. The molecule has 9 aromatic rings. The summed E-state index contributed by atoms with van der Waals surface area (Å²) in [6, 6.07) is 41.6. The number of carbonyl (C=O) groups excluding carboxylic acids is 4. The highest BCUT2D eigenvalue weighted by Crippen LogP contribution is 2.41. The van der Waals surface area contributed by atoms with Gasteiger partial charge in [-0.1, -0.05) is 96.0 Å². The van der Waals surface area contributed by atoms with Gasteiger partial charge in [0.25, 0.3) is 11.8 Å². The van der Waals surface area contributed by atoms with E-state index in [-0.39, 0.29) is 44.3 Å². The number of azo groups is 2. The topological polar surface area (TPSA) is 245 Å². The van der Waals surface area contributed by atoms with Crippen LogP contribution in [-0.4, -0.2) is 44.3 Å². The molecule has 9 rings (SSSR count). The minimum Gasteiger partial charge on any atom is -0.505 e. The van der Waals surface area contributed by atoms with Crippen molar-refractivity contribution in [3.63, 3.8) is 0 Å². The third-order valence-electron chi connectivity index (χ3n) is 10.4. The second-order valence-corrected chi connectivity index (χ2v) is 15.7. The lowest BCUT2D eigenvalue weighted by atomic mass is 10.0. The number of aromatic nitrogens is 2. The van der Waals surface area contributed by atoms with Gasteiger partial charge < -0.3 is 25.3 Å². The van der Waals surface area contributed by atoms with E-state index in [1.54, 1.807) is 146 Å². The lowest BCUT2D eigenvalue weighted by Gasteiger charge is -2.11. The van der Waals surface area contributed by atoms with Crippen LogP contribution in [0.4, 0.5) is 43.7 Å². The molecule has 0 unspecified atom stereocenters. The van der Waals surface area contributed by atoms with E-state index in [2.05, 4.69) is 51.9 Å². The van der Waals surface area contributed by atoms with E-state index < -0.39 is 35.4 Å². The molecule has 6 N–H and O–H groups in total. The smallest absolute Gasteiger partial charge is 0.326 e. The van der Waals surface area contributed by atoms with Crippen LogP contribution in [0.3, 0.4) is 0 Å². The molecule has 0 saturated heterocycles. The van der Waals surface area contributed by atoms with Crippen LogP contribution in [0.25, 0.3) is 44.5 Å². The third-order valence-corrected chi connectivity index (χ3v) is 11.0. The standard InChI is InChI=1S/C50H32Cl2N10O7/c51-37-13-5-7-15-39(37)53-49(67)55-45(65)35-25-29-9-1-3-11-33(29)41(43(35)63)59-57-31-21-17-27(18-22-31)47-61-62-48(69-47)28-19-23-32(24-20-28)58-60-42-34-12-4-2-10-30(34)26-36(44(42)64)46(66)56-50(68)54-40-16-8-6-14-38(40)52/h1-26,63-64H,(H2,53,55,65,67)(H2,54,56,66,68). The number of imide groups is 2. The van der Waals surface area contributed by atoms with Crippen LogP contribution in [0.15, 0.2) is 183 Å². The average Bonchev–Trinajstić information content (AvgIpc) is 3.85. The van der Waals surface area contributed by atoms with E-state index >= 15 is 0 Å². The van der Waals surface area contributed by atoms with Crippen molar-refractivity contribution in [3.05, 3.63) is 179 Å². The number of aromatic hydroxyl groups is 2. The first-order valence-electron chi connectivity index (χ1n) is 20.6. The first-order chi connectivity index (χ1) is 33.5. The lowest BCUT2D eigenvalue weighted by molar-refractivity contribution is 0.0954. The molecule has 0 spiro atoms. The summed E-state index contributed by atoms with van der Waals surface area (Å²) in [5, 5.41) is 60.3. The van der Waals surface area contributed by atoms with Crippen molar-refractivity contribution >= 4 is 103 Å². The molecule has 0 fully saturated rings. The molecule has 6 amide bonds. The van der Waals surface area contributed by atoms with Gasteiger partial charge in [-0.25, -0.2) is 9.59 Å². The number of phenolic OH excluding ortho intramolecular Hbond substituents is 2. The normalized spacial score (nSPS) is 11.3. The number of urea groups is 2. The summed E-state index contributed by atoms with van der Waals surface area (Å²) in [7, 11) is 0. The number of anilines is 2. The molecule has 0 aliphatic rings.